The lowest BCUT2D eigenvalue weighted by Crippen LogP contribution is -2.36. The highest BCUT2D eigenvalue weighted by Crippen LogP contribution is 2.21. The highest BCUT2D eigenvalue weighted by Gasteiger charge is 2.37. The lowest BCUT2D eigenvalue weighted by molar-refractivity contribution is -0.602. The fourth-order valence-corrected chi connectivity index (χ4v) is 1.13. The second kappa shape index (κ2) is 4.70. The summed E-state index contributed by atoms with van der Waals surface area (Å²) in [5.74, 6) is 0. The van der Waals surface area contributed by atoms with E-state index in [1.165, 1.54) is 0 Å². The Morgan fingerprint density at radius 2 is 2.08 bits per heavy atom. The summed E-state index contributed by atoms with van der Waals surface area (Å²) in [7, 11) is 0. The summed E-state index contributed by atoms with van der Waals surface area (Å²) in [4.78, 5) is 11.0. The van der Waals surface area contributed by atoms with Crippen LogP contribution in [0.1, 0.15) is 13.8 Å². The Labute approximate surface area is 82.3 Å². The maximum absolute atomic E-state index is 11.0. The minimum Gasteiger partial charge on any atom is -0.418 e. The van der Waals surface area contributed by atoms with Gasteiger partial charge in [0, 0.05) is 0 Å². The van der Waals surface area contributed by atoms with Crippen LogP contribution < -0.4 is 0 Å². The first-order valence-electron chi connectivity index (χ1n) is 3.49. The van der Waals surface area contributed by atoms with Crippen molar-refractivity contribution < 1.29 is 13.1 Å². The molecule has 0 aromatic carbocycles. The van der Waals surface area contributed by atoms with Gasteiger partial charge in [-0.2, -0.15) is 4.79 Å². The normalized spacial score (nSPS) is 11.0. The van der Waals surface area contributed by atoms with Crippen LogP contribution in [0.2, 0.25) is 0 Å². The number of carbonyl (C=O) groups excluding carboxylic acids is 1. The molecule has 0 saturated heterocycles. The zero-order valence-electron chi connectivity index (χ0n) is 7.14. The molecule has 0 aliphatic rings. The first kappa shape index (κ1) is 11.8. The van der Waals surface area contributed by atoms with Gasteiger partial charge in [0.2, 0.25) is 0 Å². The van der Waals surface area contributed by atoms with Crippen molar-refractivity contribution in [1.29, 1.82) is 0 Å². The fraction of sp³-hybridized carbons (Fsp3) is 0.571. The summed E-state index contributed by atoms with van der Waals surface area (Å²) in [5.41, 5.74) is 0.716. The Bertz CT molecular complexity index is 192. The van der Waals surface area contributed by atoms with Gasteiger partial charge in [0.25, 0.3) is 0 Å². The molecule has 12 heavy (non-hydrogen) atoms. The average Bonchev–Trinajstić information content (AvgIpc) is 1.85. The van der Waals surface area contributed by atoms with Crippen LogP contribution in [0.25, 0.3) is 0 Å². The van der Waals surface area contributed by atoms with E-state index in [1.54, 1.807) is 13.8 Å². The third-order valence-corrected chi connectivity index (χ3v) is 1.52. The molecule has 0 bridgehead atoms. The van der Waals surface area contributed by atoms with E-state index >= 15 is 0 Å². The van der Waals surface area contributed by atoms with E-state index in [2.05, 4.69) is 11.3 Å². The predicted molar refractivity (Wildman–Crippen MR) is 48.7 cm³/mol. The smallest absolute Gasteiger partial charge is 0.418 e. The van der Waals surface area contributed by atoms with Gasteiger partial charge in [-0.25, -0.2) is 0 Å². The monoisotopic (exact) mass is 212 g/mol. The fourth-order valence-electron chi connectivity index (χ4n) is 0.621. The molecule has 0 rings (SSSR count). The molecule has 3 nitrogen and oxygen atoms in total. The van der Waals surface area contributed by atoms with Gasteiger partial charge in [0.15, 0.2) is 23.6 Å². The van der Waals surface area contributed by atoms with E-state index in [4.69, 9.17) is 23.6 Å². The second-order valence-electron chi connectivity index (χ2n) is 2.44. The SMILES string of the molecule is C=C(C)C[N+](Cl)(Cl)C(=O)OCC. The van der Waals surface area contributed by atoms with Crippen molar-refractivity contribution in [3.63, 3.8) is 0 Å². The summed E-state index contributed by atoms with van der Waals surface area (Å²) in [6.07, 6.45) is -0.677. The minimum atomic E-state index is -0.844. The maximum Gasteiger partial charge on any atom is 0.553 e. The van der Waals surface area contributed by atoms with E-state index in [9.17, 15) is 4.79 Å². The summed E-state index contributed by atoms with van der Waals surface area (Å²) in [6.45, 7) is 7.42. The predicted octanol–water partition coefficient (Wildman–Crippen LogP) is 2.84. The molecule has 0 aliphatic carbocycles. The van der Waals surface area contributed by atoms with Crippen LogP contribution in [0.15, 0.2) is 12.2 Å². The third-order valence-electron chi connectivity index (χ3n) is 1.00. The molecule has 0 aromatic heterocycles. The Morgan fingerprint density at radius 3 is 2.42 bits per heavy atom. The molecule has 0 atom stereocenters. The van der Waals surface area contributed by atoms with Crippen LogP contribution in [0.3, 0.4) is 0 Å². The first-order valence-corrected chi connectivity index (χ1v) is 4.17. The Morgan fingerprint density at radius 1 is 1.58 bits per heavy atom. The lowest BCUT2D eigenvalue weighted by Gasteiger charge is -2.14. The van der Waals surface area contributed by atoms with Gasteiger partial charge in [0.05, 0.1) is 6.61 Å². The molecular formula is C7H12Cl2NO2+. The van der Waals surface area contributed by atoms with Gasteiger partial charge < -0.3 is 4.74 Å². The zero-order valence-corrected chi connectivity index (χ0v) is 8.65. The zero-order chi connectivity index (χ0) is 9.78. The van der Waals surface area contributed by atoms with Gasteiger partial charge in [-0.1, -0.05) is 6.58 Å². The molecule has 0 saturated carbocycles. The van der Waals surface area contributed by atoms with Crippen LogP contribution in [0.5, 0.6) is 0 Å². The van der Waals surface area contributed by atoms with Gasteiger partial charge in [-0.05, 0) is 22.9 Å². The number of amides is 1. The van der Waals surface area contributed by atoms with Crippen LogP contribution in [-0.2, 0) is 4.74 Å². The number of carbonyl (C=O) groups is 1. The van der Waals surface area contributed by atoms with Crippen molar-refractivity contribution in [2.45, 2.75) is 13.8 Å². The van der Waals surface area contributed by atoms with Gasteiger partial charge in [-0.3, -0.25) is 0 Å². The number of hydrogen-bond acceptors (Lipinski definition) is 2. The Hall–Kier alpha value is -0.250. The molecule has 0 N–H and O–H groups in total. The molecule has 5 heteroatoms. The topological polar surface area (TPSA) is 26.3 Å². The number of nitrogens with zero attached hydrogens (tertiary/aromatic N) is 1. The summed E-state index contributed by atoms with van der Waals surface area (Å²) in [5, 5.41) is 0. The van der Waals surface area contributed by atoms with E-state index in [0.717, 1.165) is 0 Å². The van der Waals surface area contributed by atoms with Crippen molar-refractivity contribution in [3.05, 3.63) is 12.2 Å². The minimum absolute atomic E-state index is 0.155. The van der Waals surface area contributed by atoms with E-state index in [1.807, 2.05) is 0 Å². The lowest BCUT2D eigenvalue weighted by atomic mass is 10.3. The average molecular weight is 213 g/mol. The van der Waals surface area contributed by atoms with Gasteiger partial charge >= 0.3 is 6.09 Å². The van der Waals surface area contributed by atoms with Crippen molar-refractivity contribution >= 4 is 29.6 Å². The van der Waals surface area contributed by atoms with Crippen molar-refractivity contribution in [2.75, 3.05) is 13.2 Å². The first-order chi connectivity index (χ1) is 5.40. The highest BCUT2D eigenvalue weighted by atomic mass is 35.5. The molecule has 0 radical (unpaired) electrons. The molecule has 0 fully saturated rings. The molecule has 0 spiro atoms. The van der Waals surface area contributed by atoms with Crippen molar-refractivity contribution in [2.24, 2.45) is 0 Å². The van der Waals surface area contributed by atoms with Gasteiger partial charge in [0.1, 0.15) is 6.54 Å². The van der Waals surface area contributed by atoms with E-state index in [0.29, 0.717) is 5.57 Å². The number of hydrogen-bond donors (Lipinski definition) is 0. The van der Waals surface area contributed by atoms with Crippen molar-refractivity contribution in [1.82, 2.24) is 0 Å². The Kier molecular flexibility index (Phi) is 4.60. The van der Waals surface area contributed by atoms with Crippen LogP contribution in [0.4, 0.5) is 4.79 Å². The molecule has 0 aromatic rings. The van der Waals surface area contributed by atoms with Crippen LogP contribution >= 0.6 is 23.6 Å². The summed E-state index contributed by atoms with van der Waals surface area (Å²) < 4.78 is 3.79. The maximum atomic E-state index is 11.0. The van der Waals surface area contributed by atoms with E-state index in [-0.39, 0.29) is 13.2 Å². The largest absolute Gasteiger partial charge is 0.553 e. The van der Waals surface area contributed by atoms with Crippen LogP contribution in [0, 0.1) is 0 Å². The van der Waals surface area contributed by atoms with E-state index < -0.39 is 9.61 Å². The number of halogens is 2. The molecule has 1 amide bonds. The summed E-state index contributed by atoms with van der Waals surface area (Å²) in [6, 6.07) is 0. The third kappa shape index (κ3) is 3.95. The van der Waals surface area contributed by atoms with Crippen LogP contribution in [-0.4, -0.2) is 22.8 Å². The highest BCUT2D eigenvalue weighted by molar-refractivity contribution is 6.28. The number of quaternary nitrogens is 1. The second-order valence-corrected chi connectivity index (χ2v) is 3.77. The molecule has 70 valence electrons. The van der Waals surface area contributed by atoms with Crippen molar-refractivity contribution in [3.8, 4) is 0 Å². The molecule has 0 unspecified atom stereocenters. The molecular weight excluding hydrogens is 201 g/mol. The molecule has 0 heterocycles. The number of ether oxygens (including phenoxy) is 1. The standard InChI is InChI=1S/C7H12Cl2NO2/c1-4-12-7(11)10(8,9)5-6(2)3/h2,4-5H2,1,3H3/q+1. The quantitative estimate of drug-likeness (QED) is 0.532. The Balaban J connectivity index is 4.18. The number of rotatable bonds is 3. The molecule has 0 aliphatic heterocycles. The summed E-state index contributed by atoms with van der Waals surface area (Å²) >= 11 is 11.3. The van der Waals surface area contributed by atoms with Gasteiger partial charge in [-0.15, -0.1) is 0 Å².